The van der Waals surface area contributed by atoms with Crippen molar-refractivity contribution in [3.8, 4) is 0 Å². The fraction of sp³-hybridized carbons (Fsp3) is 0.350. The molecular weight excluding hydrogens is 364 g/mol. The van der Waals surface area contributed by atoms with Crippen LogP contribution in [-0.2, 0) is 19.1 Å². The molecule has 28 heavy (non-hydrogen) atoms. The summed E-state index contributed by atoms with van der Waals surface area (Å²) in [4.78, 5) is 49.0. The molecule has 8 nitrogen and oxygen atoms in total. The molecular formula is C20H20N2O6. The first-order valence-corrected chi connectivity index (χ1v) is 9.06. The molecule has 1 aromatic rings. The zero-order valence-electron chi connectivity index (χ0n) is 15.4. The first-order valence-electron chi connectivity index (χ1n) is 9.06. The second-order valence-electron chi connectivity index (χ2n) is 6.80. The van der Waals surface area contributed by atoms with Gasteiger partial charge in [0.2, 0.25) is 0 Å². The zero-order chi connectivity index (χ0) is 20.3. The second-order valence-corrected chi connectivity index (χ2v) is 6.80. The first kappa shape index (κ1) is 19.5. The summed E-state index contributed by atoms with van der Waals surface area (Å²) in [6, 6.07) is 4.73. The molecule has 0 spiro atoms. The van der Waals surface area contributed by atoms with Crippen molar-refractivity contribution in [3.63, 3.8) is 0 Å². The Bertz CT molecular complexity index is 896. The summed E-state index contributed by atoms with van der Waals surface area (Å²) in [5.74, 6) is -3.64. The van der Waals surface area contributed by atoms with Crippen molar-refractivity contribution in [2.75, 3.05) is 18.0 Å². The second kappa shape index (κ2) is 8.16. The maximum atomic E-state index is 12.3. The number of allylic oxidation sites excluding steroid dienone is 3. The molecule has 146 valence electrons. The lowest BCUT2D eigenvalue weighted by atomic mass is 9.96. The van der Waals surface area contributed by atoms with Crippen LogP contribution >= 0.6 is 0 Å². The molecule has 3 rings (SSSR count). The highest BCUT2D eigenvalue weighted by atomic mass is 16.6. The number of ketones is 2. The topological polar surface area (TPSA) is 107 Å². The molecule has 1 aromatic carbocycles. The van der Waals surface area contributed by atoms with Gasteiger partial charge in [-0.1, -0.05) is 12.1 Å². The van der Waals surface area contributed by atoms with Crippen LogP contribution in [0.15, 0.2) is 36.1 Å². The minimum absolute atomic E-state index is 0.0387. The molecule has 0 N–H and O–H groups in total. The van der Waals surface area contributed by atoms with Gasteiger partial charge in [0.15, 0.2) is 17.5 Å². The van der Waals surface area contributed by atoms with Gasteiger partial charge in [-0.15, -0.1) is 0 Å². The highest BCUT2D eigenvalue weighted by molar-refractivity contribution is 6.25. The van der Waals surface area contributed by atoms with Gasteiger partial charge < -0.3 is 9.64 Å². The van der Waals surface area contributed by atoms with Gasteiger partial charge in [0.1, 0.15) is 11.4 Å². The minimum atomic E-state index is -1.53. The predicted molar refractivity (Wildman–Crippen MR) is 102 cm³/mol. The largest absolute Gasteiger partial charge is 0.430 e. The van der Waals surface area contributed by atoms with Gasteiger partial charge in [-0.2, -0.15) is 0 Å². The number of esters is 1. The van der Waals surface area contributed by atoms with E-state index in [2.05, 4.69) is 0 Å². The Labute approximate surface area is 161 Å². The Balaban J connectivity index is 1.81. The van der Waals surface area contributed by atoms with E-state index in [0.29, 0.717) is 11.3 Å². The Morgan fingerprint density at radius 2 is 1.96 bits per heavy atom. The van der Waals surface area contributed by atoms with Crippen LogP contribution in [-0.4, -0.2) is 35.5 Å². The molecule has 0 amide bonds. The molecule has 0 radical (unpaired) electrons. The maximum Gasteiger partial charge on any atom is 0.329 e. The minimum Gasteiger partial charge on any atom is -0.430 e. The highest BCUT2D eigenvalue weighted by Gasteiger charge is 2.36. The monoisotopic (exact) mass is 384 g/mol. The number of nitro benzene ring substituents is 1. The number of anilines is 1. The van der Waals surface area contributed by atoms with Gasteiger partial charge in [-0.3, -0.25) is 24.5 Å². The van der Waals surface area contributed by atoms with Crippen molar-refractivity contribution >= 4 is 35.0 Å². The van der Waals surface area contributed by atoms with Crippen LogP contribution in [0.1, 0.15) is 31.7 Å². The average molecular weight is 384 g/mol. The van der Waals surface area contributed by atoms with E-state index in [1.807, 2.05) is 4.90 Å². The zero-order valence-corrected chi connectivity index (χ0v) is 15.4. The molecule has 8 heteroatoms. The summed E-state index contributed by atoms with van der Waals surface area (Å²) in [5, 5.41) is 11.5. The van der Waals surface area contributed by atoms with Crippen LogP contribution in [0.4, 0.5) is 11.4 Å². The summed E-state index contributed by atoms with van der Waals surface area (Å²) in [5.41, 5.74) is 0.951. The lowest BCUT2D eigenvalue weighted by Crippen LogP contribution is -2.34. The van der Waals surface area contributed by atoms with E-state index >= 15 is 0 Å². The molecule has 2 aliphatic heterocycles. The number of carbonyl (C=O) groups excluding carboxylic acids is 3. The van der Waals surface area contributed by atoms with E-state index < -0.39 is 28.4 Å². The van der Waals surface area contributed by atoms with E-state index in [1.165, 1.54) is 19.1 Å². The fourth-order valence-electron chi connectivity index (χ4n) is 3.37. The van der Waals surface area contributed by atoms with Crippen molar-refractivity contribution in [2.24, 2.45) is 5.92 Å². The number of nitrogens with zero attached hydrogens (tertiary/aromatic N) is 2. The third kappa shape index (κ3) is 4.16. The van der Waals surface area contributed by atoms with E-state index in [4.69, 9.17) is 4.74 Å². The third-order valence-corrected chi connectivity index (χ3v) is 4.74. The summed E-state index contributed by atoms with van der Waals surface area (Å²) in [7, 11) is 0. The van der Waals surface area contributed by atoms with Crippen LogP contribution < -0.4 is 4.90 Å². The van der Waals surface area contributed by atoms with Gasteiger partial charge in [0, 0.05) is 25.2 Å². The third-order valence-electron chi connectivity index (χ3n) is 4.74. The molecule has 0 aromatic heterocycles. The number of hydrogen-bond donors (Lipinski definition) is 0. The van der Waals surface area contributed by atoms with E-state index in [9.17, 15) is 24.5 Å². The number of carbonyl (C=O) groups is 3. The average Bonchev–Trinajstić information content (AvgIpc) is 2.66. The Hall–Kier alpha value is -3.29. The number of piperidine rings is 1. The van der Waals surface area contributed by atoms with Crippen molar-refractivity contribution in [1.82, 2.24) is 0 Å². The smallest absolute Gasteiger partial charge is 0.329 e. The summed E-state index contributed by atoms with van der Waals surface area (Å²) in [6.45, 7) is 3.00. The normalized spacial score (nSPS) is 20.1. The van der Waals surface area contributed by atoms with Crippen LogP contribution in [0.5, 0.6) is 0 Å². The van der Waals surface area contributed by atoms with Gasteiger partial charge in [0.05, 0.1) is 4.92 Å². The quantitative estimate of drug-likeness (QED) is 0.253. The van der Waals surface area contributed by atoms with Crippen molar-refractivity contribution < 1.29 is 24.0 Å². The van der Waals surface area contributed by atoms with Crippen LogP contribution in [0.3, 0.4) is 0 Å². The summed E-state index contributed by atoms with van der Waals surface area (Å²) < 4.78 is 4.83. The Morgan fingerprint density at radius 1 is 1.25 bits per heavy atom. The molecule has 1 fully saturated rings. The molecule has 1 atom stereocenters. The molecule has 0 saturated carbocycles. The molecule has 2 heterocycles. The van der Waals surface area contributed by atoms with Crippen LogP contribution in [0.2, 0.25) is 0 Å². The van der Waals surface area contributed by atoms with E-state index in [-0.39, 0.29) is 11.4 Å². The fourth-order valence-corrected chi connectivity index (χ4v) is 3.37. The summed E-state index contributed by atoms with van der Waals surface area (Å²) >= 11 is 0. The molecule has 1 saturated heterocycles. The van der Waals surface area contributed by atoms with Gasteiger partial charge in [-0.05, 0) is 43.9 Å². The highest BCUT2D eigenvalue weighted by Crippen LogP contribution is 2.31. The number of cyclic esters (lactones) is 1. The van der Waals surface area contributed by atoms with Crippen LogP contribution in [0, 0.1) is 16.0 Å². The number of ether oxygens (including phenoxy) is 1. The molecule has 0 bridgehead atoms. The Morgan fingerprint density at radius 3 is 2.61 bits per heavy atom. The summed E-state index contributed by atoms with van der Waals surface area (Å²) in [6.07, 6.45) is 6.65. The number of benzene rings is 1. The van der Waals surface area contributed by atoms with E-state index in [0.717, 1.165) is 44.5 Å². The van der Waals surface area contributed by atoms with Crippen molar-refractivity contribution in [2.45, 2.75) is 26.2 Å². The maximum absolute atomic E-state index is 12.3. The van der Waals surface area contributed by atoms with Gasteiger partial charge in [-0.25, -0.2) is 0 Å². The van der Waals surface area contributed by atoms with Crippen molar-refractivity contribution in [1.29, 1.82) is 0 Å². The molecule has 1 unspecified atom stereocenters. The lowest BCUT2D eigenvalue weighted by molar-refractivity contribution is -0.384. The van der Waals surface area contributed by atoms with Crippen LogP contribution in [0.25, 0.3) is 6.08 Å². The Kier molecular flexibility index (Phi) is 5.67. The molecule has 0 aliphatic carbocycles. The first-order chi connectivity index (χ1) is 13.4. The molecule has 2 aliphatic rings. The number of hydrogen-bond acceptors (Lipinski definition) is 7. The van der Waals surface area contributed by atoms with Crippen molar-refractivity contribution in [3.05, 3.63) is 51.8 Å². The van der Waals surface area contributed by atoms with Gasteiger partial charge >= 0.3 is 5.97 Å². The lowest BCUT2D eigenvalue weighted by Gasteiger charge is -2.28. The SMILES string of the molecule is CC1=CC(=O)C(C(=O)/C=C/c2ccc(N3CCCCC3)c([N+](=O)[O-])c2)C(=O)O1. The number of rotatable bonds is 5. The van der Waals surface area contributed by atoms with Gasteiger partial charge in [0.25, 0.3) is 5.69 Å². The number of nitro groups is 1. The predicted octanol–water partition coefficient (Wildman–Crippen LogP) is 2.81. The van der Waals surface area contributed by atoms with E-state index in [1.54, 1.807) is 12.1 Å². The standard InChI is InChI=1S/C20H20N2O6/c1-13-11-18(24)19(20(25)28-13)17(23)8-6-14-5-7-15(16(12-14)22(26)27)21-9-3-2-4-10-21/h5-8,11-12,19H,2-4,9-10H2,1H3/b8-6+.